The Balaban J connectivity index is 1.63. The summed E-state index contributed by atoms with van der Waals surface area (Å²) in [4.78, 5) is 16.2. The van der Waals surface area contributed by atoms with E-state index in [1.165, 1.54) is 5.56 Å². The number of aryl methyl sites for hydroxylation is 1. The quantitative estimate of drug-likeness (QED) is 0.803. The monoisotopic (exact) mass is 291 g/mol. The highest BCUT2D eigenvalue weighted by Crippen LogP contribution is 2.10. The first-order valence-electron chi connectivity index (χ1n) is 7.14. The van der Waals surface area contributed by atoms with Gasteiger partial charge < -0.3 is 9.88 Å². The highest BCUT2D eigenvalue weighted by Gasteiger charge is 2.05. The molecule has 0 aliphatic rings. The zero-order valence-corrected chi connectivity index (χ0v) is 12.4. The number of imidazole rings is 1. The van der Waals surface area contributed by atoms with Crippen molar-refractivity contribution >= 4 is 5.91 Å². The van der Waals surface area contributed by atoms with E-state index in [0.717, 1.165) is 11.3 Å². The van der Waals surface area contributed by atoms with Crippen LogP contribution in [0.3, 0.4) is 0 Å². The molecular weight excluding hydrogens is 274 g/mol. The van der Waals surface area contributed by atoms with E-state index in [-0.39, 0.29) is 5.91 Å². The van der Waals surface area contributed by atoms with Gasteiger partial charge in [-0.05, 0) is 36.8 Å². The van der Waals surface area contributed by atoms with E-state index in [1.54, 1.807) is 12.5 Å². The molecule has 1 heterocycles. The first kappa shape index (κ1) is 14.1. The first-order chi connectivity index (χ1) is 10.7. The van der Waals surface area contributed by atoms with Gasteiger partial charge in [-0.15, -0.1) is 0 Å². The Labute approximate surface area is 129 Å². The lowest BCUT2D eigenvalue weighted by molar-refractivity contribution is 0.0951. The van der Waals surface area contributed by atoms with Crippen LogP contribution in [0.1, 0.15) is 21.5 Å². The molecule has 4 nitrogen and oxygen atoms in total. The largest absolute Gasteiger partial charge is 0.348 e. The first-order valence-corrected chi connectivity index (χ1v) is 7.14. The highest BCUT2D eigenvalue weighted by atomic mass is 16.1. The van der Waals surface area contributed by atoms with Crippen molar-refractivity contribution in [2.75, 3.05) is 0 Å². The third-order valence-electron chi connectivity index (χ3n) is 3.51. The number of carbonyl (C=O) groups is 1. The molecule has 0 spiro atoms. The summed E-state index contributed by atoms with van der Waals surface area (Å²) in [6.07, 6.45) is 5.32. The Hall–Kier alpha value is -2.88. The molecule has 1 aromatic heterocycles. The molecule has 0 aliphatic carbocycles. The lowest BCUT2D eigenvalue weighted by Gasteiger charge is -2.07. The second kappa shape index (κ2) is 6.26. The van der Waals surface area contributed by atoms with Gasteiger partial charge in [-0.25, -0.2) is 4.98 Å². The predicted octanol–water partition coefficient (Wildman–Crippen LogP) is 3.11. The van der Waals surface area contributed by atoms with Gasteiger partial charge in [0.1, 0.15) is 0 Å². The van der Waals surface area contributed by atoms with Crippen LogP contribution in [-0.4, -0.2) is 15.5 Å². The number of aromatic nitrogens is 2. The molecule has 0 saturated carbocycles. The third kappa shape index (κ3) is 3.23. The van der Waals surface area contributed by atoms with Crippen molar-refractivity contribution in [2.24, 2.45) is 0 Å². The summed E-state index contributed by atoms with van der Waals surface area (Å²) in [6.45, 7) is 2.58. The van der Waals surface area contributed by atoms with Crippen molar-refractivity contribution in [1.29, 1.82) is 0 Å². The van der Waals surface area contributed by atoms with E-state index in [4.69, 9.17) is 0 Å². The molecule has 1 N–H and O–H groups in total. The van der Waals surface area contributed by atoms with Crippen molar-refractivity contribution in [3.05, 3.63) is 83.9 Å². The SMILES string of the molecule is Cc1ccc(CNC(=O)c2ccc(-n3ccnc3)cc2)cc1. The number of nitrogens with zero attached hydrogens (tertiary/aromatic N) is 2. The smallest absolute Gasteiger partial charge is 0.251 e. The third-order valence-corrected chi connectivity index (χ3v) is 3.51. The summed E-state index contributed by atoms with van der Waals surface area (Å²) in [5.74, 6) is -0.0715. The van der Waals surface area contributed by atoms with Crippen LogP contribution >= 0.6 is 0 Å². The summed E-state index contributed by atoms with van der Waals surface area (Å²) >= 11 is 0. The molecule has 3 aromatic rings. The van der Waals surface area contributed by atoms with Gasteiger partial charge in [0, 0.05) is 30.2 Å². The maximum absolute atomic E-state index is 12.2. The van der Waals surface area contributed by atoms with E-state index in [2.05, 4.69) is 10.3 Å². The molecular formula is C18H17N3O. The average Bonchev–Trinajstić information content (AvgIpc) is 3.09. The summed E-state index contributed by atoms with van der Waals surface area (Å²) < 4.78 is 1.90. The van der Waals surface area contributed by atoms with Gasteiger partial charge in [0.25, 0.3) is 5.91 Å². The molecule has 0 bridgehead atoms. The van der Waals surface area contributed by atoms with Crippen LogP contribution in [0.25, 0.3) is 5.69 Å². The predicted molar refractivity (Wildman–Crippen MR) is 85.9 cm³/mol. The molecule has 1 amide bonds. The molecule has 2 aromatic carbocycles. The van der Waals surface area contributed by atoms with E-state index < -0.39 is 0 Å². The van der Waals surface area contributed by atoms with Crippen LogP contribution in [-0.2, 0) is 6.54 Å². The summed E-state index contributed by atoms with van der Waals surface area (Å²) in [5, 5.41) is 2.93. The fraction of sp³-hybridized carbons (Fsp3) is 0.111. The van der Waals surface area contributed by atoms with E-state index in [9.17, 15) is 4.79 Å². The van der Waals surface area contributed by atoms with Gasteiger partial charge in [-0.3, -0.25) is 4.79 Å². The highest BCUT2D eigenvalue weighted by molar-refractivity contribution is 5.94. The van der Waals surface area contributed by atoms with Gasteiger partial charge in [0.15, 0.2) is 0 Å². The maximum Gasteiger partial charge on any atom is 0.251 e. The summed E-state index contributed by atoms with van der Waals surface area (Å²) in [6, 6.07) is 15.6. The van der Waals surface area contributed by atoms with Gasteiger partial charge >= 0.3 is 0 Å². The zero-order chi connectivity index (χ0) is 15.4. The van der Waals surface area contributed by atoms with Crippen molar-refractivity contribution < 1.29 is 4.79 Å². The fourth-order valence-electron chi connectivity index (χ4n) is 2.19. The summed E-state index contributed by atoms with van der Waals surface area (Å²) in [5.41, 5.74) is 3.93. The van der Waals surface area contributed by atoms with Crippen LogP contribution in [0, 0.1) is 6.92 Å². The normalized spacial score (nSPS) is 10.4. The van der Waals surface area contributed by atoms with Crippen molar-refractivity contribution in [1.82, 2.24) is 14.9 Å². The van der Waals surface area contributed by atoms with Gasteiger partial charge in [-0.2, -0.15) is 0 Å². The molecule has 4 heteroatoms. The lowest BCUT2D eigenvalue weighted by Crippen LogP contribution is -2.22. The van der Waals surface area contributed by atoms with E-state index in [0.29, 0.717) is 12.1 Å². The Morgan fingerprint density at radius 3 is 2.45 bits per heavy atom. The summed E-state index contributed by atoms with van der Waals surface area (Å²) in [7, 11) is 0. The number of hydrogen-bond acceptors (Lipinski definition) is 2. The number of nitrogens with one attached hydrogen (secondary N) is 1. The molecule has 0 radical (unpaired) electrons. The average molecular weight is 291 g/mol. The van der Waals surface area contributed by atoms with Gasteiger partial charge in [0.2, 0.25) is 0 Å². The maximum atomic E-state index is 12.2. The molecule has 22 heavy (non-hydrogen) atoms. The molecule has 0 atom stereocenters. The Morgan fingerprint density at radius 1 is 1.09 bits per heavy atom. The Morgan fingerprint density at radius 2 is 1.82 bits per heavy atom. The molecule has 0 saturated heterocycles. The Bertz CT molecular complexity index is 744. The number of amides is 1. The zero-order valence-electron chi connectivity index (χ0n) is 12.4. The number of rotatable bonds is 4. The van der Waals surface area contributed by atoms with Crippen LogP contribution in [0.5, 0.6) is 0 Å². The Kier molecular flexibility index (Phi) is 4.01. The number of hydrogen-bond donors (Lipinski definition) is 1. The topological polar surface area (TPSA) is 46.9 Å². The number of carbonyl (C=O) groups excluding carboxylic acids is 1. The van der Waals surface area contributed by atoms with Crippen LogP contribution in [0.15, 0.2) is 67.3 Å². The second-order valence-corrected chi connectivity index (χ2v) is 5.19. The van der Waals surface area contributed by atoms with Crippen LogP contribution in [0.2, 0.25) is 0 Å². The van der Waals surface area contributed by atoms with Crippen LogP contribution < -0.4 is 5.32 Å². The van der Waals surface area contributed by atoms with Crippen molar-refractivity contribution in [3.63, 3.8) is 0 Å². The molecule has 3 rings (SSSR count). The fourth-order valence-corrected chi connectivity index (χ4v) is 2.19. The molecule has 0 aliphatic heterocycles. The van der Waals surface area contributed by atoms with Crippen molar-refractivity contribution in [3.8, 4) is 5.69 Å². The lowest BCUT2D eigenvalue weighted by atomic mass is 10.1. The molecule has 110 valence electrons. The molecule has 0 unspecified atom stereocenters. The standard InChI is InChI=1S/C18H17N3O/c1-14-2-4-15(5-3-14)12-20-18(22)16-6-8-17(9-7-16)21-11-10-19-13-21/h2-11,13H,12H2,1H3,(H,20,22). The molecule has 0 fully saturated rings. The van der Waals surface area contributed by atoms with Crippen LogP contribution in [0.4, 0.5) is 0 Å². The minimum Gasteiger partial charge on any atom is -0.348 e. The van der Waals surface area contributed by atoms with E-state index >= 15 is 0 Å². The van der Waals surface area contributed by atoms with Crippen molar-refractivity contribution in [2.45, 2.75) is 13.5 Å². The minimum atomic E-state index is -0.0715. The minimum absolute atomic E-state index is 0.0715. The van der Waals surface area contributed by atoms with Gasteiger partial charge in [0.05, 0.1) is 6.33 Å². The van der Waals surface area contributed by atoms with Gasteiger partial charge in [-0.1, -0.05) is 29.8 Å². The van der Waals surface area contributed by atoms with E-state index in [1.807, 2.05) is 66.2 Å². The second-order valence-electron chi connectivity index (χ2n) is 5.19. The number of benzene rings is 2.